The minimum Gasteiger partial charge on any atom is -0.493 e. The summed E-state index contributed by atoms with van der Waals surface area (Å²) >= 11 is 1.08. The highest BCUT2D eigenvalue weighted by molar-refractivity contribution is 8.15. The van der Waals surface area contributed by atoms with Crippen LogP contribution in [0.3, 0.4) is 0 Å². The van der Waals surface area contributed by atoms with Gasteiger partial charge in [0.1, 0.15) is 17.8 Å². The summed E-state index contributed by atoms with van der Waals surface area (Å²) in [6, 6.07) is 13.5. The number of nitrogens with one attached hydrogen (secondary N) is 1. The third-order valence-electron chi connectivity index (χ3n) is 5.41. The van der Waals surface area contributed by atoms with Crippen molar-refractivity contribution in [3.8, 4) is 17.4 Å². The Labute approximate surface area is 194 Å². The van der Waals surface area contributed by atoms with Gasteiger partial charge in [-0.1, -0.05) is 11.8 Å². The van der Waals surface area contributed by atoms with Crippen molar-refractivity contribution >= 4 is 44.6 Å². The van der Waals surface area contributed by atoms with Crippen LogP contribution in [0.5, 0.6) is 17.4 Å². The minimum atomic E-state index is -0.410. The Kier molecular flexibility index (Phi) is 5.87. The van der Waals surface area contributed by atoms with Crippen molar-refractivity contribution in [3.63, 3.8) is 0 Å². The molecule has 168 valence electrons. The van der Waals surface area contributed by atoms with Gasteiger partial charge < -0.3 is 19.4 Å². The van der Waals surface area contributed by atoms with Gasteiger partial charge in [0.25, 0.3) is 5.12 Å². The molecule has 1 N–H and O–H groups in total. The summed E-state index contributed by atoms with van der Waals surface area (Å²) in [5.41, 5.74) is 2.87. The largest absolute Gasteiger partial charge is 0.493 e. The zero-order valence-electron chi connectivity index (χ0n) is 18.0. The van der Waals surface area contributed by atoms with Crippen LogP contribution in [0.15, 0.2) is 48.8 Å². The van der Waals surface area contributed by atoms with Gasteiger partial charge >= 0.3 is 5.91 Å². The number of hydrogen-bond acceptors (Lipinski definition) is 7. The van der Waals surface area contributed by atoms with E-state index in [1.54, 1.807) is 4.90 Å². The highest BCUT2D eigenvalue weighted by Crippen LogP contribution is 2.30. The Morgan fingerprint density at radius 3 is 2.88 bits per heavy atom. The number of thioether (sulfide) groups is 1. The van der Waals surface area contributed by atoms with Crippen LogP contribution in [0.1, 0.15) is 12.1 Å². The molecule has 4 aromatic rings. The van der Waals surface area contributed by atoms with E-state index < -0.39 is 5.91 Å². The molecule has 1 aliphatic rings. The molecule has 1 aliphatic heterocycles. The number of benzene rings is 2. The van der Waals surface area contributed by atoms with E-state index in [2.05, 4.69) is 21.0 Å². The van der Waals surface area contributed by atoms with E-state index in [0.29, 0.717) is 54.8 Å². The number of hydrogen-bond donors (Lipinski definition) is 1. The summed E-state index contributed by atoms with van der Waals surface area (Å²) in [5, 5.41) is 1.48. The van der Waals surface area contributed by atoms with Gasteiger partial charge in [-0.2, -0.15) is 0 Å². The van der Waals surface area contributed by atoms with E-state index in [1.807, 2.05) is 43.3 Å². The Balaban J connectivity index is 1.24. The van der Waals surface area contributed by atoms with E-state index in [9.17, 15) is 9.59 Å². The maximum Gasteiger partial charge on any atom is 0.301 e. The minimum absolute atomic E-state index is 0.377. The molecule has 8 nitrogen and oxygen atoms in total. The lowest BCUT2D eigenvalue weighted by Gasteiger charge is -2.24. The lowest BCUT2D eigenvalue weighted by Crippen LogP contribution is -2.42. The Hall–Kier alpha value is -3.59. The van der Waals surface area contributed by atoms with E-state index >= 15 is 0 Å². The first-order valence-electron chi connectivity index (χ1n) is 10.7. The standard InChI is InChI=1S/C24H22N4O4S/c1-15-11-16-12-18(4-6-20(16)27-15)32-22-19-5-3-17(13-21(19)25-14-26-22)31-9-2-7-28-8-10-33-24(30)23(28)29/h3-6,11-14,27H,2,7-10H2,1H3. The molecule has 5 rings (SSSR count). The van der Waals surface area contributed by atoms with Crippen molar-refractivity contribution in [3.05, 3.63) is 54.5 Å². The fraction of sp³-hybridized carbons (Fsp3) is 0.250. The van der Waals surface area contributed by atoms with Crippen molar-refractivity contribution < 1.29 is 19.1 Å². The summed E-state index contributed by atoms with van der Waals surface area (Å²) in [4.78, 5) is 36.9. The Morgan fingerprint density at radius 2 is 1.97 bits per heavy atom. The number of carbonyl (C=O) groups excluding carboxylic acids is 2. The number of H-pyrrole nitrogens is 1. The molecule has 0 saturated carbocycles. The number of fused-ring (bicyclic) bond motifs is 2. The molecule has 0 unspecified atom stereocenters. The summed E-state index contributed by atoms with van der Waals surface area (Å²) in [7, 11) is 0. The molecule has 3 heterocycles. The number of carbonyl (C=O) groups is 2. The number of aromatic nitrogens is 3. The predicted octanol–water partition coefficient (Wildman–Crippen LogP) is 4.08. The molecule has 0 aliphatic carbocycles. The van der Waals surface area contributed by atoms with Crippen molar-refractivity contribution in [2.45, 2.75) is 13.3 Å². The zero-order chi connectivity index (χ0) is 22.8. The first kappa shape index (κ1) is 21.3. The van der Waals surface area contributed by atoms with Gasteiger partial charge in [0, 0.05) is 41.5 Å². The lowest BCUT2D eigenvalue weighted by molar-refractivity contribution is -0.140. The quantitative estimate of drug-likeness (QED) is 0.326. The lowest BCUT2D eigenvalue weighted by atomic mass is 10.2. The monoisotopic (exact) mass is 462 g/mol. The number of aryl methyl sites for hydroxylation is 1. The van der Waals surface area contributed by atoms with Crippen LogP contribution in [0, 0.1) is 6.92 Å². The van der Waals surface area contributed by atoms with Gasteiger partial charge in [0.15, 0.2) is 0 Å². The molecule has 0 spiro atoms. The number of nitrogens with zero attached hydrogens (tertiary/aromatic N) is 3. The second kappa shape index (κ2) is 9.11. The van der Waals surface area contributed by atoms with Crippen LogP contribution >= 0.6 is 11.8 Å². The summed E-state index contributed by atoms with van der Waals surface area (Å²) < 4.78 is 11.9. The van der Waals surface area contributed by atoms with Gasteiger partial charge in [0.2, 0.25) is 5.88 Å². The Morgan fingerprint density at radius 1 is 1.09 bits per heavy atom. The van der Waals surface area contributed by atoms with E-state index in [1.165, 1.54) is 6.33 Å². The fourth-order valence-corrected chi connectivity index (χ4v) is 4.56. The molecule has 1 fully saturated rings. The van der Waals surface area contributed by atoms with Crippen molar-refractivity contribution in [1.29, 1.82) is 0 Å². The second-order valence-electron chi connectivity index (χ2n) is 7.79. The topological polar surface area (TPSA) is 97.4 Å². The van der Waals surface area contributed by atoms with E-state index in [4.69, 9.17) is 9.47 Å². The maximum atomic E-state index is 11.9. The van der Waals surface area contributed by atoms with Crippen LogP contribution in [-0.2, 0) is 9.59 Å². The average molecular weight is 463 g/mol. The van der Waals surface area contributed by atoms with Crippen LogP contribution in [0.4, 0.5) is 0 Å². The van der Waals surface area contributed by atoms with Gasteiger partial charge in [-0.3, -0.25) is 9.59 Å². The molecule has 2 aromatic carbocycles. The van der Waals surface area contributed by atoms with Crippen molar-refractivity contribution in [1.82, 2.24) is 19.9 Å². The predicted molar refractivity (Wildman–Crippen MR) is 127 cm³/mol. The molecule has 0 bridgehead atoms. The third kappa shape index (κ3) is 4.63. The Bertz CT molecular complexity index is 1350. The summed E-state index contributed by atoms with van der Waals surface area (Å²) in [5.74, 6) is 2.09. The van der Waals surface area contributed by atoms with Gasteiger partial charge in [-0.25, -0.2) is 9.97 Å². The van der Waals surface area contributed by atoms with Gasteiger partial charge in [0.05, 0.1) is 17.5 Å². The molecule has 33 heavy (non-hydrogen) atoms. The highest BCUT2D eigenvalue weighted by Gasteiger charge is 2.26. The van der Waals surface area contributed by atoms with E-state index in [-0.39, 0.29) is 5.12 Å². The molecule has 0 atom stereocenters. The smallest absolute Gasteiger partial charge is 0.301 e. The number of ether oxygens (including phenoxy) is 2. The number of aromatic amines is 1. The molecular formula is C24H22N4O4S. The SMILES string of the molecule is Cc1cc2cc(Oc3ncnc4cc(OCCCN5CCSC(=O)C5=O)ccc34)ccc2[nH]1. The van der Waals surface area contributed by atoms with Crippen molar-refractivity contribution in [2.24, 2.45) is 0 Å². The number of rotatable bonds is 7. The van der Waals surface area contributed by atoms with Crippen LogP contribution < -0.4 is 9.47 Å². The maximum absolute atomic E-state index is 11.9. The first-order valence-corrected chi connectivity index (χ1v) is 11.7. The molecule has 2 aromatic heterocycles. The third-order valence-corrected chi connectivity index (χ3v) is 6.23. The fourth-order valence-electron chi connectivity index (χ4n) is 3.81. The normalized spacial score (nSPS) is 14.3. The van der Waals surface area contributed by atoms with Crippen LogP contribution in [0.2, 0.25) is 0 Å². The number of amides is 1. The van der Waals surface area contributed by atoms with Gasteiger partial charge in [-0.05, 0) is 49.7 Å². The molecular weight excluding hydrogens is 440 g/mol. The van der Waals surface area contributed by atoms with Crippen LogP contribution in [-0.4, -0.2) is 56.3 Å². The average Bonchev–Trinajstić information content (AvgIpc) is 3.18. The van der Waals surface area contributed by atoms with Crippen LogP contribution in [0.25, 0.3) is 21.8 Å². The first-order chi connectivity index (χ1) is 16.1. The highest BCUT2D eigenvalue weighted by atomic mass is 32.2. The molecule has 9 heteroatoms. The zero-order valence-corrected chi connectivity index (χ0v) is 18.9. The molecule has 0 radical (unpaired) electrons. The molecule has 1 amide bonds. The second-order valence-corrected chi connectivity index (χ2v) is 8.86. The molecule has 1 saturated heterocycles. The summed E-state index contributed by atoms with van der Waals surface area (Å²) in [6.45, 7) is 3.55. The summed E-state index contributed by atoms with van der Waals surface area (Å²) in [6.07, 6.45) is 2.11. The van der Waals surface area contributed by atoms with E-state index in [0.717, 1.165) is 33.7 Å². The van der Waals surface area contributed by atoms with Gasteiger partial charge in [-0.15, -0.1) is 0 Å². The van der Waals surface area contributed by atoms with Crippen molar-refractivity contribution in [2.75, 3.05) is 25.4 Å².